The van der Waals surface area contributed by atoms with E-state index in [-0.39, 0.29) is 18.4 Å². The molecule has 0 unspecified atom stereocenters. The number of nitrogens with one attached hydrogen (secondary N) is 1. The summed E-state index contributed by atoms with van der Waals surface area (Å²) in [4.78, 5) is 23.4. The number of urea groups is 1. The van der Waals surface area contributed by atoms with Crippen molar-refractivity contribution in [3.8, 4) is 0 Å². The van der Waals surface area contributed by atoms with Gasteiger partial charge in [0.1, 0.15) is 5.00 Å². The third-order valence-corrected chi connectivity index (χ3v) is 4.49. The molecule has 0 radical (unpaired) electrons. The van der Waals surface area contributed by atoms with Crippen LogP contribution in [0.5, 0.6) is 0 Å². The van der Waals surface area contributed by atoms with Crippen LogP contribution >= 0.6 is 23.7 Å². The van der Waals surface area contributed by atoms with Crippen LogP contribution in [0.15, 0.2) is 17.8 Å². The lowest BCUT2D eigenvalue weighted by molar-refractivity contribution is 0.218. The van der Waals surface area contributed by atoms with Crippen LogP contribution in [0.2, 0.25) is 0 Å². The first kappa shape index (κ1) is 14.9. The minimum atomic E-state index is 0. The molecular weight excluding hydrogens is 296 g/mol. The molecule has 1 fully saturated rings. The second-order valence-corrected chi connectivity index (χ2v) is 5.63. The van der Waals surface area contributed by atoms with Gasteiger partial charge in [0.15, 0.2) is 0 Å². The number of carbonyl (C=O) groups excluding carboxylic acids is 1. The molecule has 0 aromatic carbocycles. The number of halogens is 1. The Morgan fingerprint density at radius 3 is 2.80 bits per heavy atom. The summed E-state index contributed by atoms with van der Waals surface area (Å²) in [5.74, 6) is 0. The molecule has 3 rings (SSSR count). The van der Waals surface area contributed by atoms with Crippen molar-refractivity contribution >= 4 is 34.8 Å². The Balaban J connectivity index is 0.00000147. The fourth-order valence-electron chi connectivity index (χ4n) is 2.29. The summed E-state index contributed by atoms with van der Waals surface area (Å²) in [5, 5.41) is 3.09. The summed E-state index contributed by atoms with van der Waals surface area (Å²) in [6.07, 6.45) is 1.67. The number of aromatic amines is 1. The Kier molecular flexibility index (Phi) is 4.35. The molecule has 1 saturated heterocycles. The maximum Gasteiger partial charge on any atom is 0.325 e. The second-order valence-electron chi connectivity index (χ2n) is 4.74. The average Bonchev–Trinajstić information content (AvgIpc) is 3.05. The topological polar surface area (TPSA) is 52.2 Å². The average molecular weight is 313 g/mol. The molecule has 5 nitrogen and oxygen atoms in total. The summed E-state index contributed by atoms with van der Waals surface area (Å²) < 4.78 is 0. The second kappa shape index (κ2) is 5.85. The monoisotopic (exact) mass is 312 g/mol. The summed E-state index contributed by atoms with van der Waals surface area (Å²) in [6.45, 7) is 6.10. The van der Waals surface area contributed by atoms with Gasteiger partial charge in [-0.3, -0.25) is 4.90 Å². The molecule has 1 aliphatic heterocycles. The van der Waals surface area contributed by atoms with Gasteiger partial charge >= 0.3 is 6.03 Å². The Hall–Kier alpha value is -1.53. The number of rotatable bonds is 3. The van der Waals surface area contributed by atoms with Gasteiger partial charge < -0.3 is 9.88 Å². The van der Waals surface area contributed by atoms with Gasteiger partial charge in [0.05, 0.1) is 18.6 Å². The summed E-state index contributed by atoms with van der Waals surface area (Å²) in [7, 11) is 0. The number of nitrogens with zero attached hydrogens (tertiary/aromatic N) is 3. The summed E-state index contributed by atoms with van der Waals surface area (Å²) >= 11 is 1.62. The molecule has 2 amide bonds. The highest BCUT2D eigenvalue weighted by Gasteiger charge is 2.31. The van der Waals surface area contributed by atoms with Gasteiger partial charge in [0.25, 0.3) is 0 Å². The minimum absolute atomic E-state index is 0. The number of anilines is 1. The summed E-state index contributed by atoms with van der Waals surface area (Å²) in [6, 6.07) is 2.13. The van der Waals surface area contributed by atoms with Crippen LogP contribution in [0.1, 0.15) is 17.0 Å². The zero-order valence-corrected chi connectivity index (χ0v) is 13.1. The van der Waals surface area contributed by atoms with Crippen LogP contribution in [0, 0.1) is 13.8 Å². The molecule has 0 bridgehead atoms. The van der Waals surface area contributed by atoms with Crippen molar-refractivity contribution in [3.05, 3.63) is 34.7 Å². The number of imidazole rings is 1. The minimum Gasteiger partial charge on any atom is -0.348 e. The van der Waals surface area contributed by atoms with Crippen LogP contribution in [-0.2, 0) is 6.54 Å². The predicted octanol–water partition coefficient (Wildman–Crippen LogP) is 2.95. The van der Waals surface area contributed by atoms with Gasteiger partial charge in [-0.25, -0.2) is 9.78 Å². The van der Waals surface area contributed by atoms with Gasteiger partial charge in [0, 0.05) is 18.8 Å². The standard InChI is InChI=1S/C13H16N4OS.ClH/c1-9-3-6-19-12(9)17-5-4-16(13(17)18)7-11-10(2)14-8-15-11;/h3,6,8H,4-5,7H2,1-2H3,(H,14,15);1H. The molecule has 7 heteroatoms. The van der Waals surface area contributed by atoms with Gasteiger partial charge in [-0.1, -0.05) is 0 Å². The molecule has 2 aromatic heterocycles. The van der Waals surface area contributed by atoms with Crippen molar-refractivity contribution < 1.29 is 4.79 Å². The molecule has 20 heavy (non-hydrogen) atoms. The van der Waals surface area contributed by atoms with Crippen LogP contribution in [-0.4, -0.2) is 34.0 Å². The smallest absolute Gasteiger partial charge is 0.325 e. The lowest BCUT2D eigenvalue weighted by Gasteiger charge is -2.17. The number of aromatic nitrogens is 2. The zero-order chi connectivity index (χ0) is 13.4. The number of thiophene rings is 1. The van der Waals surface area contributed by atoms with Crippen molar-refractivity contribution in [1.29, 1.82) is 0 Å². The van der Waals surface area contributed by atoms with Gasteiger partial charge in [-0.15, -0.1) is 23.7 Å². The third kappa shape index (κ3) is 2.53. The van der Waals surface area contributed by atoms with E-state index in [9.17, 15) is 4.79 Å². The van der Waals surface area contributed by atoms with Gasteiger partial charge in [-0.05, 0) is 30.9 Å². The fourth-order valence-corrected chi connectivity index (χ4v) is 3.24. The zero-order valence-electron chi connectivity index (χ0n) is 11.4. The predicted molar refractivity (Wildman–Crippen MR) is 82.8 cm³/mol. The van der Waals surface area contributed by atoms with E-state index >= 15 is 0 Å². The van der Waals surface area contributed by atoms with Crippen molar-refractivity contribution in [2.24, 2.45) is 0 Å². The van der Waals surface area contributed by atoms with E-state index in [2.05, 4.69) is 9.97 Å². The van der Waals surface area contributed by atoms with Crippen molar-refractivity contribution in [2.75, 3.05) is 18.0 Å². The van der Waals surface area contributed by atoms with E-state index in [4.69, 9.17) is 0 Å². The van der Waals surface area contributed by atoms with Crippen LogP contribution in [0.4, 0.5) is 9.80 Å². The van der Waals surface area contributed by atoms with E-state index in [1.54, 1.807) is 17.7 Å². The fraction of sp³-hybridized carbons (Fsp3) is 0.385. The maximum atomic E-state index is 12.4. The first-order valence-electron chi connectivity index (χ1n) is 6.26. The Morgan fingerprint density at radius 2 is 2.20 bits per heavy atom. The molecule has 3 heterocycles. The van der Waals surface area contributed by atoms with E-state index in [1.807, 2.05) is 35.1 Å². The molecular formula is C13H17ClN4OS. The van der Waals surface area contributed by atoms with Gasteiger partial charge in [-0.2, -0.15) is 0 Å². The largest absolute Gasteiger partial charge is 0.348 e. The van der Waals surface area contributed by atoms with E-state index in [0.717, 1.165) is 35.0 Å². The number of aryl methyl sites for hydroxylation is 2. The van der Waals surface area contributed by atoms with Crippen molar-refractivity contribution in [2.45, 2.75) is 20.4 Å². The number of carbonyl (C=O) groups is 1. The Bertz CT molecular complexity index is 609. The molecule has 2 aromatic rings. The molecule has 0 atom stereocenters. The maximum absolute atomic E-state index is 12.4. The number of hydrogen-bond donors (Lipinski definition) is 1. The van der Waals surface area contributed by atoms with Gasteiger partial charge in [0.2, 0.25) is 0 Å². The quantitative estimate of drug-likeness (QED) is 0.947. The molecule has 0 aliphatic carbocycles. The molecule has 1 aliphatic rings. The SMILES string of the molecule is Cc1ccsc1N1CCN(Cc2nc[nH]c2C)C1=O.Cl. The van der Waals surface area contributed by atoms with E-state index in [1.165, 1.54) is 0 Å². The first-order valence-corrected chi connectivity index (χ1v) is 7.14. The molecule has 0 spiro atoms. The third-order valence-electron chi connectivity index (χ3n) is 3.45. The lowest BCUT2D eigenvalue weighted by Crippen LogP contribution is -2.31. The number of amides is 2. The highest BCUT2D eigenvalue weighted by molar-refractivity contribution is 7.14. The Labute approximate surface area is 128 Å². The lowest BCUT2D eigenvalue weighted by atomic mass is 10.3. The molecule has 0 saturated carbocycles. The van der Waals surface area contributed by atoms with Crippen LogP contribution in [0.3, 0.4) is 0 Å². The highest BCUT2D eigenvalue weighted by atomic mass is 35.5. The number of H-pyrrole nitrogens is 1. The number of hydrogen-bond acceptors (Lipinski definition) is 3. The normalized spacial score (nSPS) is 14.8. The van der Waals surface area contributed by atoms with E-state index < -0.39 is 0 Å². The van der Waals surface area contributed by atoms with E-state index in [0.29, 0.717) is 6.54 Å². The van der Waals surface area contributed by atoms with Crippen LogP contribution in [0.25, 0.3) is 0 Å². The van der Waals surface area contributed by atoms with Crippen molar-refractivity contribution in [1.82, 2.24) is 14.9 Å². The first-order chi connectivity index (χ1) is 9.16. The summed E-state index contributed by atoms with van der Waals surface area (Å²) in [5.41, 5.74) is 3.13. The van der Waals surface area contributed by atoms with Crippen LogP contribution < -0.4 is 4.90 Å². The molecule has 108 valence electrons. The molecule has 1 N–H and O–H groups in total. The highest BCUT2D eigenvalue weighted by Crippen LogP contribution is 2.30. The van der Waals surface area contributed by atoms with Crippen molar-refractivity contribution in [3.63, 3.8) is 0 Å². The Morgan fingerprint density at radius 1 is 1.40 bits per heavy atom.